The molecule has 0 bridgehead atoms. The number of hydrogen-bond donors (Lipinski definition) is 2. The minimum absolute atomic E-state index is 0.214. The third kappa shape index (κ3) is 2.96. The van der Waals surface area contributed by atoms with Gasteiger partial charge in [-0.05, 0) is 37.8 Å². The Labute approximate surface area is 149 Å². The van der Waals surface area contributed by atoms with Crippen molar-refractivity contribution in [2.75, 3.05) is 6.54 Å². The summed E-state index contributed by atoms with van der Waals surface area (Å²) < 4.78 is 0. The normalized spacial score (nSPS) is 13.0. The van der Waals surface area contributed by atoms with Gasteiger partial charge in [0.05, 0.1) is 5.39 Å². The van der Waals surface area contributed by atoms with Gasteiger partial charge in [-0.15, -0.1) is 0 Å². The van der Waals surface area contributed by atoms with Crippen molar-refractivity contribution in [3.8, 4) is 0 Å². The number of hydrogen-bond acceptors (Lipinski definition) is 5. The fraction of sp³-hybridized carbons (Fsp3) is 0.316. The van der Waals surface area contributed by atoms with Gasteiger partial charge in [0, 0.05) is 29.7 Å². The highest BCUT2D eigenvalue weighted by molar-refractivity contribution is 6.04. The van der Waals surface area contributed by atoms with Gasteiger partial charge in [-0.1, -0.05) is 18.2 Å². The van der Waals surface area contributed by atoms with Gasteiger partial charge in [-0.3, -0.25) is 9.59 Å². The fourth-order valence-corrected chi connectivity index (χ4v) is 3.45. The van der Waals surface area contributed by atoms with E-state index < -0.39 is 0 Å². The number of aromatic amines is 1. The topological polar surface area (TPSA) is 101 Å². The molecular formula is C19H19N5O2. The molecule has 132 valence electrons. The summed E-state index contributed by atoms with van der Waals surface area (Å²) in [5.74, 6) is 0.429. The lowest BCUT2D eigenvalue weighted by Gasteiger charge is -2.08. The quantitative estimate of drug-likeness (QED) is 0.743. The van der Waals surface area contributed by atoms with E-state index in [4.69, 9.17) is 0 Å². The zero-order valence-electron chi connectivity index (χ0n) is 14.5. The Morgan fingerprint density at radius 1 is 1.19 bits per heavy atom. The van der Waals surface area contributed by atoms with Crippen molar-refractivity contribution in [3.05, 3.63) is 63.1 Å². The zero-order valence-corrected chi connectivity index (χ0v) is 14.5. The molecule has 1 aliphatic rings. The molecule has 2 heterocycles. The second kappa shape index (κ2) is 6.67. The highest BCUT2D eigenvalue weighted by Gasteiger charge is 2.17. The van der Waals surface area contributed by atoms with E-state index in [1.807, 2.05) is 6.92 Å². The van der Waals surface area contributed by atoms with E-state index in [1.54, 1.807) is 24.3 Å². The first kappa shape index (κ1) is 16.4. The Bertz CT molecular complexity index is 1060. The molecule has 1 amide bonds. The van der Waals surface area contributed by atoms with Gasteiger partial charge in [-0.2, -0.15) is 5.10 Å². The maximum Gasteiger partial charge on any atom is 0.272 e. The zero-order chi connectivity index (χ0) is 18.1. The number of nitrogens with zero attached hydrogens (tertiary/aromatic N) is 3. The van der Waals surface area contributed by atoms with Crippen LogP contribution in [0.1, 0.15) is 39.7 Å². The molecule has 0 atom stereocenters. The van der Waals surface area contributed by atoms with Crippen molar-refractivity contribution >= 4 is 16.7 Å². The highest BCUT2D eigenvalue weighted by Crippen LogP contribution is 2.22. The third-order valence-electron chi connectivity index (χ3n) is 4.73. The van der Waals surface area contributed by atoms with Crippen molar-refractivity contribution in [1.29, 1.82) is 0 Å². The second-order valence-electron chi connectivity index (χ2n) is 6.46. The maximum atomic E-state index is 12.5. The predicted molar refractivity (Wildman–Crippen MR) is 97.2 cm³/mol. The SMILES string of the molecule is Cc1nc(CCNC(=O)c2n[nH]c(=O)c3ccccc23)nc2c1CCC2. The van der Waals surface area contributed by atoms with Gasteiger partial charge in [-0.25, -0.2) is 15.1 Å². The highest BCUT2D eigenvalue weighted by atomic mass is 16.2. The van der Waals surface area contributed by atoms with Crippen molar-refractivity contribution in [2.45, 2.75) is 32.6 Å². The Hall–Kier alpha value is -3.09. The van der Waals surface area contributed by atoms with E-state index in [2.05, 4.69) is 25.5 Å². The number of aromatic nitrogens is 4. The molecule has 4 rings (SSSR count). The average molecular weight is 349 g/mol. The van der Waals surface area contributed by atoms with Crippen molar-refractivity contribution in [3.63, 3.8) is 0 Å². The van der Waals surface area contributed by atoms with Crippen molar-refractivity contribution in [1.82, 2.24) is 25.5 Å². The first-order valence-corrected chi connectivity index (χ1v) is 8.74. The van der Waals surface area contributed by atoms with Crippen LogP contribution in [-0.4, -0.2) is 32.6 Å². The molecule has 7 heteroatoms. The lowest BCUT2D eigenvalue weighted by Crippen LogP contribution is -2.28. The molecule has 7 nitrogen and oxygen atoms in total. The van der Waals surface area contributed by atoms with Crippen molar-refractivity contribution < 1.29 is 4.79 Å². The Morgan fingerprint density at radius 2 is 2.00 bits per heavy atom. The number of nitrogens with one attached hydrogen (secondary N) is 2. The van der Waals surface area contributed by atoms with Crippen LogP contribution >= 0.6 is 0 Å². The summed E-state index contributed by atoms with van der Waals surface area (Å²) in [6, 6.07) is 6.93. The summed E-state index contributed by atoms with van der Waals surface area (Å²) in [6.07, 6.45) is 3.76. The second-order valence-corrected chi connectivity index (χ2v) is 6.46. The van der Waals surface area contributed by atoms with Crippen LogP contribution in [0.2, 0.25) is 0 Å². The van der Waals surface area contributed by atoms with Crippen LogP contribution < -0.4 is 10.9 Å². The Kier molecular flexibility index (Phi) is 4.20. The van der Waals surface area contributed by atoms with E-state index in [0.29, 0.717) is 23.7 Å². The van der Waals surface area contributed by atoms with Gasteiger partial charge >= 0.3 is 0 Å². The van der Waals surface area contributed by atoms with Crippen LogP contribution in [0.15, 0.2) is 29.1 Å². The molecule has 2 aromatic heterocycles. The van der Waals surface area contributed by atoms with E-state index in [1.165, 1.54) is 5.56 Å². The van der Waals surface area contributed by atoms with Crippen LogP contribution in [-0.2, 0) is 19.3 Å². The molecule has 0 radical (unpaired) electrons. The van der Waals surface area contributed by atoms with Gasteiger partial charge in [0.2, 0.25) is 0 Å². The predicted octanol–water partition coefficient (Wildman–Crippen LogP) is 1.48. The summed E-state index contributed by atoms with van der Waals surface area (Å²) in [7, 11) is 0. The third-order valence-corrected chi connectivity index (χ3v) is 4.73. The molecule has 0 saturated carbocycles. The summed E-state index contributed by atoms with van der Waals surface area (Å²) in [5, 5.41) is 10.1. The van der Waals surface area contributed by atoms with Crippen LogP contribution in [0.25, 0.3) is 10.8 Å². The number of carbonyl (C=O) groups is 1. The molecule has 0 fully saturated rings. The van der Waals surface area contributed by atoms with Crippen molar-refractivity contribution in [2.24, 2.45) is 0 Å². The molecule has 1 aliphatic carbocycles. The lowest BCUT2D eigenvalue weighted by molar-refractivity contribution is 0.0950. The first-order chi connectivity index (χ1) is 12.6. The number of rotatable bonds is 4. The molecule has 0 unspecified atom stereocenters. The molecule has 0 spiro atoms. The standard InChI is InChI=1S/C19H19N5O2/c1-11-12-7-4-8-15(12)22-16(21-11)9-10-20-19(26)17-13-5-2-3-6-14(13)18(25)24-23-17/h2-3,5-6H,4,7-10H2,1H3,(H,20,26)(H,24,25). The number of amides is 1. The number of fused-ring (bicyclic) bond motifs is 2. The molecule has 1 aromatic carbocycles. The molecule has 0 saturated heterocycles. The molecule has 0 aliphatic heterocycles. The number of aryl methyl sites for hydroxylation is 2. The minimum atomic E-state index is -0.324. The van der Waals surface area contributed by atoms with E-state index >= 15 is 0 Å². The summed E-state index contributed by atoms with van der Waals surface area (Å²) >= 11 is 0. The number of carbonyl (C=O) groups excluding carboxylic acids is 1. The maximum absolute atomic E-state index is 12.5. The minimum Gasteiger partial charge on any atom is -0.350 e. The summed E-state index contributed by atoms with van der Waals surface area (Å²) in [6.45, 7) is 2.43. The van der Waals surface area contributed by atoms with Crippen LogP contribution in [0.4, 0.5) is 0 Å². The van der Waals surface area contributed by atoms with Crippen LogP contribution in [0, 0.1) is 6.92 Å². The van der Waals surface area contributed by atoms with Gasteiger partial charge < -0.3 is 5.32 Å². The van der Waals surface area contributed by atoms with E-state index in [-0.39, 0.29) is 17.2 Å². The fourth-order valence-electron chi connectivity index (χ4n) is 3.45. The number of benzene rings is 1. The molecular weight excluding hydrogens is 330 g/mol. The van der Waals surface area contributed by atoms with Crippen LogP contribution in [0.3, 0.4) is 0 Å². The lowest BCUT2D eigenvalue weighted by atomic mass is 10.1. The molecule has 26 heavy (non-hydrogen) atoms. The Morgan fingerprint density at radius 3 is 2.85 bits per heavy atom. The van der Waals surface area contributed by atoms with E-state index in [0.717, 1.165) is 36.5 Å². The average Bonchev–Trinajstić information content (AvgIpc) is 3.11. The summed E-state index contributed by atoms with van der Waals surface area (Å²) in [5.41, 5.74) is 3.38. The van der Waals surface area contributed by atoms with Gasteiger partial charge in [0.1, 0.15) is 5.82 Å². The smallest absolute Gasteiger partial charge is 0.272 e. The van der Waals surface area contributed by atoms with Gasteiger partial charge in [0.25, 0.3) is 11.5 Å². The van der Waals surface area contributed by atoms with Gasteiger partial charge in [0.15, 0.2) is 5.69 Å². The molecule has 3 aromatic rings. The monoisotopic (exact) mass is 349 g/mol. The largest absolute Gasteiger partial charge is 0.350 e. The van der Waals surface area contributed by atoms with Crippen LogP contribution in [0.5, 0.6) is 0 Å². The Balaban J connectivity index is 1.48. The summed E-state index contributed by atoms with van der Waals surface area (Å²) in [4.78, 5) is 33.5. The molecule has 2 N–H and O–H groups in total. The number of H-pyrrole nitrogens is 1. The van der Waals surface area contributed by atoms with E-state index in [9.17, 15) is 9.59 Å². The first-order valence-electron chi connectivity index (χ1n) is 8.74.